The van der Waals surface area contributed by atoms with E-state index >= 15 is 0 Å². The number of hydrogen-bond donors (Lipinski definition) is 1. The number of oxime groups is 1. The third kappa shape index (κ3) is 4.01. The first-order chi connectivity index (χ1) is 15.6. The fourth-order valence-electron chi connectivity index (χ4n) is 4.25. The van der Waals surface area contributed by atoms with Gasteiger partial charge in [-0.2, -0.15) is 13.2 Å². The number of pyridine rings is 1. The molecule has 2 aliphatic heterocycles. The topological polar surface area (TPSA) is 66.8 Å². The zero-order chi connectivity index (χ0) is 23.4. The van der Waals surface area contributed by atoms with Crippen molar-refractivity contribution >= 4 is 34.9 Å². The average molecular weight is 499 g/mol. The quantitative estimate of drug-likeness (QED) is 0.633. The molecule has 0 spiro atoms. The Morgan fingerprint density at radius 1 is 1.12 bits per heavy atom. The fourth-order valence-corrected chi connectivity index (χ4v) is 4.77. The first-order valence-corrected chi connectivity index (χ1v) is 11.2. The Kier molecular flexibility index (Phi) is 5.44. The van der Waals surface area contributed by atoms with Crippen LogP contribution in [0.2, 0.25) is 10.0 Å². The van der Waals surface area contributed by atoms with Gasteiger partial charge in [0.25, 0.3) is 11.5 Å². The summed E-state index contributed by atoms with van der Waals surface area (Å²) in [6, 6.07) is 5.61. The number of fused-ring (bicyclic) bond motifs is 1. The highest BCUT2D eigenvalue weighted by Crippen LogP contribution is 2.49. The molecular formula is C22H19Cl2F3N4O2. The van der Waals surface area contributed by atoms with E-state index in [1.165, 1.54) is 18.2 Å². The van der Waals surface area contributed by atoms with Gasteiger partial charge in [-0.3, -0.25) is 9.78 Å². The van der Waals surface area contributed by atoms with E-state index in [9.17, 15) is 18.0 Å². The lowest BCUT2D eigenvalue weighted by Crippen LogP contribution is -2.43. The maximum absolute atomic E-state index is 14.2. The summed E-state index contributed by atoms with van der Waals surface area (Å²) in [5.41, 5.74) is -0.947. The van der Waals surface area contributed by atoms with Crippen molar-refractivity contribution in [3.63, 3.8) is 0 Å². The van der Waals surface area contributed by atoms with Crippen LogP contribution in [0.4, 0.5) is 13.2 Å². The molecule has 1 saturated carbocycles. The lowest BCUT2D eigenvalue weighted by molar-refractivity contribution is -0.275. The van der Waals surface area contributed by atoms with Crippen molar-refractivity contribution in [3.05, 3.63) is 62.9 Å². The summed E-state index contributed by atoms with van der Waals surface area (Å²) < 4.78 is 42.6. The molecule has 3 heterocycles. The van der Waals surface area contributed by atoms with Gasteiger partial charge in [-0.1, -0.05) is 28.4 Å². The van der Waals surface area contributed by atoms with Crippen LogP contribution in [0.3, 0.4) is 0 Å². The van der Waals surface area contributed by atoms with Gasteiger partial charge in [0, 0.05) is 40.9 Å². The summed E-state index contributed by atoms with van der Waals surface area (Å²) in [7, 11) is 0. The molecule has 1 unspecified atom stereocenters. The number of carbonyl (C=O) groups is 1. The monoisotopic (exact) mass is 498 g/mol. The van der Waals surface area contributed by atoms with Crippen molar-refractivity contribution in [2.45, 2.75) is 56.6 Å². The van der Waals surface area contributed by atoms with E-state index in [0.29, 0.717) is 18.8 Å². The first kappa shape index (κ1) is 22.3. The van der Waals surface area contributed by atoms with E-state index < -0.39 is 18.2 Å². The third-order valence-electron chi connectivity index (χ3n) is 6.34. The van der Waals surface area contributed by atoms with Gasteiger partial charge in [0.15, 0.2) is 0 Å². The molecule has 11 heteroatoms. The van der Waals surface area contributed by atoms with Crippen molar-refractivity contribution in [1.82, 2.24) is 15.2 Å². The maximum Gasteiger partial charge on any atom is 0.435 e. The number of nitrogens with zero attached hydrogens (tertiary/aromatic N) is 3. The highest BCUT2D eigenvalue weighted by molar-refractivity contribution is 6.34. The molecule has 1 atom stereocenters. The number of nitrogens with one attached hydrogen (secondary N) is 1. The molecule has 0 radical (unpaired) electrons. The molecule has 0 saturated heterocycles. The number of aromatic nitrogens is 1. The molecule has 0 bridgehead atoms. The minimum Gasteiger partial charge on any atom is -0.372 e. The molecular weight excluding hydrogens is 480 g/mol. The Balaban J connectivity index is 1.35. The highest BCUT2D eigenvalue weighted by Gasteiger charge is 2.63. The number of amidine groups is 1. The summed E-state index contributed by atoms with van der Waals surface area (Å²) in [5.74, 6) is -0.0866. The van der Waals surface area contributed by atoms with E-state index in [-0.39, 0.29) is 33.4 Å². The smallest absolute Gasteiger partial charge is 0.372 e. The van der Waals surface area contributed by atoms with E-state index in [2.05, 4.69) is 15.5 Å². The van der Waals surface area contributed by atoms with Crippen molar-refractivity contribution in [3.8, 4) is 0 Å². The van der Waals surface area contributed by atoms with Crippen molar-refractivity contribution in [1.29, 1.82) is 0 Å². The van der Waals surface area contributed by atoms with Crippen LogP contribution in [0.1, 0.15) is 52.9 Å². The standard InChI is InChI=1S/C22H19Cl2F3N4O2/c23-15-5-14(6-16(24)7-15)21(22(25,26)27)8-19(30-33-21)31-10-12-4-18(28-9-13(12)11-31)20(32)29-17-2-1-3-17/h4-7,9,17H,1-3,8,10-11H2,(H,29,32). The highest BCUT2D eigenvalue weighted by atomic mass is 35.5. The van der Waals surface area contributed by atoms with Crippen LogP contribution in [0.5, 0.6) is 0 Å². The fraction of sp³-hybridized carbons (Fsp3) is 0.409. The number of benzene rings is 1. The Bertz CT molecular complexity index is 1130. The minimum atomic E-state index is -4.76. The SMILES string of the molecule is O=C(NC1CCC1)c1cc2c(cn1)CN(C1=NOC(c3cc(Cl)cc(Cl)c3)(C(F)(F)F)C1)C2. The second-order valence-corrected chi connectivity index (χ2v) is 9.43. The molecule has 1 N–H and O–H groups in total. The second kappa shape index (κ2) is 8.06. The molecule has 6 nitrogen and oxygen atoms in total. The summed E-state index contributed by atoms with van der Waals surface area (Å²) >= 11 is 11.9. The lowest BCUT2D eigenvalue weighted by Gasteiger charge is -2.30. The third-order valence-corrected chi connectivity index (χ3v) is 6.78. The normalized spacial score (nSPS) is 22.5. The van der Waals surface area contributed by atoms with Gasteiger partial charge in [0.2, 0.25) is 0 Å². The van der Waals surface area contributed by atoms with Gasteiger partial charge in [-0.25, -0.2) is 0 Å². The Labute approximate surface area is 197 Å². The Morgan fingerprint density at radius 3 is 2.45 bits per heavy atom. The van der Waals surface area contributed by atoms with Crippen LogP contribution in [0, 0.1) is 0 Å². The molecule has 33 heavy (non-hydrogen) atoms. The average Bonchev–Trinajstić information content (AvgIpc) is 3.34. The predicted molar refractivity (Wildman–Crippen MR) is 116 cm³/mol. The molecule has 2 aromatic rings. The number of alkyl halides is 3. The van der Waals surface area contributed by atoms with Crippen LogP contribution >= 0.6 is 23.2 Å². The van der Waals surface area contributed by atoms with Gasteiger partial charge in [-0.15, -0.1) is 0 Å². The molecule has 5 rings (SSSR count). The maximum atomic E-state index is 14.2. The van der Waals surface area contributed by atoms with E-state index in [0.717, 1.165) is 30.4 Å². The summed E-state index contributed by atoms with van der Waals surface area (Å²) in [6.07, 6.45) is -0.666. The second-order valence-electron chi connectivity index (χ2n) is 8.55. The largest absolute Gasteiger partial charge is 0.435 e. The first-order valence-electron chi connectivity index (χ1n) is 10.5. The molecule has 3 aliphatic rings. The molecule has 1 aromatic heterocycles. The van der Waals surface area contributed by atoms with Crippen LogP contribution in [0.25, 0.3) is 0 Å². The minimum absolute atomic E-state index is 0.0746. The van der Waals surface area contributed by atoms with Crippen LogP contribution in [-0.2, 0) is 23.5 Å². The van der Waals surface area contributed by atoms with E-state index in [1.807, 2.05) is 0 Å². The van der Waals surface area contributed by atoms with Crippen LogP contribution < -0.4 is 5.32 Å². The van der Waals surface area contributed by atoms with Crippen molar-refractivity contribution in [2.75, 3.05) is 0 Å². The summed E-state index contributed by atoms with van der Waals surface area (Å²) in [5, 5.41) is 6.90. The molecule has 1 aliphatic carbocycles. The van der Waals surface area contributed by atoms with Gasteiger partial charge in [0.05, 0.1) is 6.42 Å². The van der Waals surface area contributed by atoms with Crippen molar-refractivity contribution < 1.29 is 22.8 Å². The zero-order valence-corrected chi connectivity index (χ0v) is 18.8. The predicted octanol–water partition coefficient (Wildman–Crippen LogP) is 5.18. The number of hydrogen-bond acceptors (Lipinski definition) is 5. The van der Waals surface area contributed by atoms with Gasteiger partial charge in [-0.05, 0) is 54.7 Å². The Morgan fingerprint density at radius 2 is 1.82 bits per heavy atom. The van der Waals surface area contributed by atoms with E-state index in [1.54, 1.807) is 17.2 Å². The number of rotatable bonds is 3. The van der Waals surface area contributed by atoms with Crippen LogP contribution in [0.15, 0.2) is 35.6 Å². The van der Waals surface area contributed by atoms with Gasteiger partial charge < -0.3 is 15.1 Å². The summed E-state index contributed by atoms with van der Waals surface area (Å²) in [6.45, 7) is 0.618. The van der Waals surface area contributed by atoms with Gasteiger partial charge in [0.1, 0.15) is 11.5 Å². The number of carbonyl (C=O) groups excluding carboxylic acids is 1. The van der Waals surface area contributed by atoms with Gasteiger partial charge >= 0.3 is 6.18 Å². The lowest BCUT2D eigenvalue weighted by atomic mass is 9.89. The molecule has 1 aromatic carbocycles. The van der Waals surface area contributed by atoms with Crippen LogP contribution in [-0.4, -0.2) is 33.8 Å². The summed E-state index contributed by atoms with van der Waals surface area (Å²) in [4.78, 5) is 23.4. The number of amides is 1. The zero-order valence-electron chi connectivity index (χ0n) is 17.3. The van der Waals surface area contributed by atoms with E-state index in [4.69, 9.17) is 28.0 Å². The number of halogens is 5. The molecule has 1 amide bonds. The molecule has 174 valence electrons. The van der Waals surface area contributed by atoms with Crippen molar-refractivity contribution in [2.24, 2.45) is 5.16 Å². The Hall–Kier alpha value is -2.52. The molecule has 1 fully saturated rings.